The predicted molar refractivity (Wildman–Crippen MR) is 39.3 cm³/mol. The topological polar surface area (TPSA) is 0 Å². The third-order valence-corrected chi connectivity index (χ3v) is 0.966. The van der Waals surface area contributed by atoms with Gasteiger partial charge < -0.3 is 0 Å². The van der Waals surface area contributed by atoms with Gasteiger partial charge in [0.15, 0.2) is 0 Å². The van der Waals surface area contributed by atoms with E-state index in [0.29, 0.717) is 0 Å². The van der Waals surface area contributed by atoms with Gasteiger partial charge in [0, 0.05) is 36.1 Å². The van der Waals surface area contributed by atoms with E-state index in [9.17, 15) is 0 Å². The smallest absolute Gasteiger partial charge is 0.0449 e. The molecule has 0 aromatic heterocycles. The van der Waals surface area contributed by atoms with E-state index >= 15 is 0 Å². The SMILES string of the molecule is [B]B([B])B([B])CC. The van der Waals surface area contributed by atoms with Gasteiger partial charge in [-0.1, -0.05) is 13.2 Å². The minimum absolute atomic E-state index is 0.0417. The Morgan fingerprint density at radius 2 is 1.71 bits per heavy atom. The Morgan fingerprint density at radius 3 is 1.71 bits per heavy atom. The van der Waals surface area contributed by atoms with Crippen molar-refractivity contribution in [2.24, 2.45) is 0 Å². The molecule has 0 atom stereocenters. The van der Waals surface area contributed by atoms with E-state index in [4.69, 9.17) is 23.2 Å². The zero-order chi connectivity index (χ0) is 5.86. The molecule has 0 aliphatic heterocycles. The lowest BCUT2D eigenvalue weighted by atomic mass is 8.86. The first-order valence-electron chi connectivity index (χ1n) is 2.45. The molecule has 0 spiro atoms. The second kappa shape index (κ2) is 3.34. The van der Waals surface area contributed by atoms with Gasteiger partial charge in [0.05, 0.1) is 0 Å². The van der Waals surface area contributed by atoms with E-state index in [-0.39, 0.29) is 12.9 Å². The van der Waals surface area contributed by atoms with E-state index in [0.717, 1.165) is 6.32 Å². The van der Waals surface area contributed by atoms with Crippen molar-refractivity contribution in [2.75, 3.05) is 0 Å². The molecule has 7 heavy (non-hydrogen) atoms. The van der Waals surface area contributed by atoms with Crippen LogP contribution in [0.15, 0.2) is 0 Å². The molecule has 0 saturated heterocycles. The summed E-state index contributed by atoms with van der Waals surface area (Å²) in [7, 11) is 15.8. The molecule has 5 heteroatoms. The minimum Gasteiger partial charge on any atom is -0.0930 e. The van der Waals surface area contributed by atoms with E-state index in [2.05, 4.69) is 0 Å². The van der Waals surface area contributed by atoms with Gasteiger partial charge in [0.1, 0.15) is 0 Å². The Kier molecular flexibility index (Phi) is 3.50. The van der Waals surface area contributed by atoms with Crippen LogP contribution >= 0.6 is 0 Å². The van der Waals surface area contributed by atoms with Crippen molar-refractivity contribution >= 4 is 36.1 Å². The van der Waals surface area contributed by atoms with Gasteiger partial charge in [-0.25, -0.2) is 0 Å². The molecule has 6 radical (unpaired) electrons. The lowest BCUT2D eigenvalue weighted by Gasteiger charge is -2.05. The molecule has 0 nitrogen and oxygen atoms in total. The highest BCUT2D eigenvalue weighted by Gasteiger charge is 2.06. The van der Waals surface area contributed by atoms with Crippen LogP contribution in [0.25, 0.3) is 0 Å². The van der Waals surface area contributed by atoms with Crippen LogP contribution in [-0.4, -0.2) is 36.1 Å². The zero-order valence-electron chi connectivity index (χ0n) is 4.59. The normalized spacial score (nSPS) is 8.14. The summed E-state index contributed by atoms with van der Waals surface area (Å²) in [4.78, 5) is 0. The van der Waals surface area contributed by atoms with Crippen molar-refractivity contribution < 1.29 is 0 Å². The molecule has 0 amide bonds. The number of rotatable bonds is 2. The molecule has 0 aromatic carbocycles. The van der Waals surface area contributed by atoms with Gasteiger partial charge in [-0.2, -0.15) is 0 Å². The first-order chi connectivity index (χ1) is 3.18. The molecule has 0 heterocycles. The van der Waals surface area contributed by atoms with E-state index in [1.807, 2.05) is 6.92 Å². The van der Waals surface area contributed by atoms with Gasteiger partial charge >= 0.3 is 0 Å². The summed E-state index contributed by atoms with van der Waals surface area (Å²) in [5, 5.41) is 0. The van der Waals surface area contributed by atoms with Gasteiger partial charge in [-0.05, 0) is 0 Å². The molecule has 28 valence electrons. The Bertz CT molecular complexity index is 43.3. The van der Waals surface area contributed by atoms with E-state index in [1.54, 1.807) is 0 Å². The molecule has 0 N–H and O–H groups in total. The van der Waals surface area contributed by atoms with Crippen LogP contribution in [0.2, 0.25) is 6.32 Å². The van der Waals surface area contributed by atoms with Crippen LogP contribution in [-0.2, 0) is 0 Å². The van der Waals surface area contributed by atoms with Crippen molar-refractivity contribution in [3.05, 3.63) is 0 Å². The predicted octanol–water partition coefficient (Wildman–Crippen LogP) is -0.930. The maximum atomic E-state index is 5.37. The second-order valence-corrected chi connectivity index (χ2v) is 1.65. The molecule has 0 rings (SSSR count). The van der Waals surface area contributed by atoms with Gasteiger partial charge in [0.25, 0.3) is 0 Å². The average Bonchev–Trinajstić information content (AvgIpc) is 1.65. The van der Waals surface area contributed by atoms with Crippen LogP contribution in [0, 0.1) is 0 Å². The third kappa shape index (κ3) is 2.96. The zero-order valence-corrected chi connectivity index (χ0v) is 4.59. The maximum Gasteiger partial charge on any atom is 0.0449 e. The monoisotopic (exact) mass is 84.1 g/mol. The van der Waals surface area contributed by atoms with Crippen molar-refractivity contribution in [1.29, 1.82) is 0 Å². The number of hydrogen-bond donors (Lipinski definition) is 0. The van der Waals surface area contributed by atoms with Crippen LogP contribution in [0.5, 0.6) is 0 Å². The van der Waals surface area contributed by atoms with Gasteiger partial charge in [0.2, 0.25) is 0 Å². The third-order valence-electron chi connectivity index (χ3n) is 0.966. The first-order valence-corrected chi connectivity index (χ1v) is 2.45. The molecular formula is C2H5B5. The van der Waals surface area contributed by atoms with E-state index < -0.39 is 0 Å². The molecule has 0 aromatic rings. The molecule has 0 aliphatic carbocycles. The average molecular weight is 83.1 g/mol. The second-order valence-electron chi connectivity index (χ2n) is 1.65. The fraction of sp³-hybridized carbons (Fsp3) is 1.00. The maximum absolute atomic E-state index is 5.37. The van der Waals surface area contributed by atoms with Crippen molar-refractivity contribution in [2.45, 2.75) is 13.2 Å². The van der Waals surface area contributed by atoms with Crippen LogP contribution in [0.4, 0.5) is 0 Å². The highest BCUT2D eigenvalue weighted by atomic mass is 13.4. The van der Waals surface area contributed by atoms with Crippen LogP contribution < -0.4 is 0 Å². The highest BCUT2D eigenvalue weighted by molar-refractivity contribution is 7.66. The van der Waals surface area contributed by atoms with E-state index in [1.165, 1.54) is 0 Å². The Balaban J connectivity index is 3.14. The summed E-state index contributed by atoms with van der Waals surface area (Å²) >= 11 is 0. The summed E-state index contributed by atoms with van der Waals surface area (Å²) in [6.07, 6.45) is 0.488. The summed E-state index contributed by atoms with van der Waals surface area (Å²) in [6, 6.07) is 0. The molecule has 0 aliphatic rings. The lowest BCUT2D eigenvalue weighted by molar-refractivity contribution is 1.47. The van der Waals surface area contributed by atoms with Crippen molar-refractivity contribution in [1.82, 2.24) is 0 Å². The Morgan fingerprint density at radius 1 is 1.29 bits per heavy atom. The molecule has 0 unspecified atom stereocenters. The quantitative estimate of drug-likeness (QED) is 0.378. The summed E-state index contributed by atoms with van der Waals surface area (Å²) < 4.78 is 0. The lowest BCUT2D eigenvalue weighted by Crippen LogP contribution is -2.36. The summed E-state index contributed by atoms with van der Waals surface area (Å²) in [5.41, 5.74) is 0. The first kappa shape index (κ1) is 7.32. The Hall–Kier alpha value is 0.325. The molecule has 0 saturated carbocycles. The molecule has 0 fully saturated rings. The van der Waals surface area contributed by atoms with Gasteiger partial charge in [-0.3, -0.25) is 0 Å². The highest BCUT2D eigenvalue weighted by Crippen LogP contribution is 1.83. The number of hydrogen-bond acceptors (Lipinski definition) is 0. The Labute approximate surface area is 50.1 Å². The van der Waals surface area contributed by atoms with Crippen LogP contribution in [0.1, 0.15) is 6.92 Å². The standard InChI is InChI=1S/C2H5B5/c1-2-6(3)7(4)5/h2H2,1H3. The summed E-state index contributed by atoms with van der Waals surface area (Å²) in [5.74, 6) is 0. The molecular weight excluding hydrogens is 78.1 g/mol. The fourth-order valence-corrected chi connectivity index (χ4v) is 0.272. The fourth-order valence-electron chi connectivity index (χ4n) is 0.272. The van der Waals surface area contributed by atoms with Crippen LogP contribution in [0.3, 0.4) is 0 Å². The van der Waals surface area contributed by atoms with Crippen molar-refractivity contribution in [3.8, 4) is 0 Å². The largest absolute Gasteiger partial charge is 0.0930 e. The summed E-state index contributed by atoms with van der Waals surface area (Å²) in [6.45, 7) is 1.91. The minimum atomic E-state index is -0.356. The van der Waals surface area contributed by atoms with Gasteiger partial charge in [-0.15, -0.1) is 0 Å². The van der Waals surface area contributed by atoms with Crippen molar-refractivity contribution in [3.63, 3.8) is 0 Å². The molecule has 0 bridgehead atoms.